The fraction of sp³-hybridized carbons (Fsp3) is 0.385. The van der Waals surface area contributed by atoms with Crippen LogP contribution in [0.1, 0.15) is 16.8 Å². The molecule has 2 N–H and O–H groups in total. The van der Waals surface area contributed by atoms with Crippen molar-refractivity contribution >= 4 is 17.6 Å². The van der Waals surface area contributed by atoms with E-state index in [1.54, 1.807) is 0 Å². The largest absolute Gasteiger partial charge is 0.465 e. The Morgan fingerprint density at radius 2 is 2.32 bits per heavy atom. The fourth-order valence-corrected chi connectivity index (χ4v) is 2.18. The average Bonchev–Trinajstić information content (AvgIpc) is 2.79. The van der Waals surface area contributed by atoms with Crippen molar-refractivity contribution in [2.75, 3.05) is 25.1 Å². The zero-order valence-corrected chi connectivity index (χ0v) is 10.6. The molecule has 102 valence electrons. The highest BCUT2D eigenvalue weighted by atomic mass is 19.1. The monoisotopic (exact) mass is 266 g/mol. The van der Waals surface area contributed by atoms with E-state index in [1.165, 1.54) is 24.1 Å². The van der Waals surface area contributed by atoms with E-state index in [1.807, 2.05) is 0 Å². The Morgan fingerprint density at radius 1 is 1.58 bits per heavy atom. The number of benzene rings is 1. The minimum absolute atomic E-state index is 0.0289. The molecule has 0 saturated carbocycles. The van der Waals surface area contributed by atoms with Crippen molar-refractivity contribution in [2.24, 2.45) is 11.7 Å². The van der Waals surface area contributed by atoms with Crippen molar-refractivity contribution in [3.05, 3.63) is 29.6 Å². The number of esters is 1. The topological polar surface area (TPSA) is 72.6 Å². The zero-order valence-electron chi connectivity index (χ0n) is 10.6. The van der Waals surface area contributed by atoms with Crippen LogP contribution >= 0.6 is 0 Å². The number of hydrogen-bond donors (Lipinski definition) is 1. The van der Waals surface area contributed by atoms with Gasteiger partial charge in [-0.3, -0.25) is 4.79 Å². The van der Waals surface area contributed by atoms with Crippen LogP contribution in [-0.2, 0) is 9.53 Å². The second-order valence-electron chi connectivity index (χ2n) is 4.46. The Morgan fingerprint density at radius 3 is 2.89 bits per heavy atom. The lowest BCUT2D eigenvalue weighted by molar-refractivity contribution is -0.117. The first-order valence-electron chi connectivity index (χ1n) is 5.95. The van der Waals surface area contributed by atoms with Crippen molar-refractivity contribution in [1.29, 1.82) is 0 Å². The Kier molecular flexibility index (Phi) is 3.80. The van der Waals surface area contributed by atoms with E-state index in [0.717, 1.165) is 6.07 Å². The minimum Gasteiger partial charge on any atom is -0.465 e. The lowest BCUT2D eigenvalue weighted by atomic mass is 10.1. The number of hydrogen-bond acceptors (Lipinski definition) is 4. The van der Waals surface area contributed by atoms with Crippen molar-refractivity contribution in [3.8, 4) is 0 Å². The molecule has 1 aromatic carbocycles. The van der Waals surface area contributed by atoms with Crippen molar-refractivity contribution in [3.63, 3.8) is 0 Å². The summed E-state index contributed by atoms with van der Waals surface area (Å²) in [5, 5.41) is 0. The van der Waals surface area contributed by atoms with E-state index in [4.69, 9.17) is 5.73 Å². The summed E-state index contributed by atoms with van der Waals surface area (Å²) >= 11 is 0. The highest BCUT2D eigenvalue weighted by Crippen LogP contribution is 2.29. The number of methoxy groups -OCH3 is 1. The third-order valence-electron chi connectivity index (χ3n) is 3.19. The van der Waals surface area contributed by atoms with Gasteiger partial charge in [0.05, 0.1) is 18.4 Å². The third kappa shape index (κ3) is 2.58. The van der Waals surface area contributed by atoms with Crippen LogP contribution in [0.3, 0.4) is 0 Å². The molecule has 1 atom stereocenters. The number of carbonyl (C=O) groups is 2. The van der Waals surface area contributed by atoms with Gasteiger partial charge in [0.2, 0.25) is 5.91 Å². The highest BCUT2D eigenvalue weighted by molar-refractivity contribution is 6.03. The summed E-state index contributed by atoms with van der Waals surface area (Å²) in [6.45, 7) is 0.772. The molecule has 1 aromatic rings. The van der Waals surface area contributed by atoms with Crippen molar-refractivity contribution in [1.82, 2.24) is 0 Å². The van der Waals surface area contributed by atoms with E-state index in [-0.39, 0.29) is 23.1 Å². The standard InChI is InChI=1S/C13H15FN2O3/c1-19-13(18)10-3-2-9(14)5-11(10)16-7-8(6-15)4-12(16)17/h2-3,5,8H,4,6-7,15H2,1H3. The molecule has 2 rings (SSSR count). The van der Waals surface area contributed by atoms with Gasteiger partial charge in [-0.25, -0.2) is 9.18 Å². The van der Waals surface area contributed by atoms with Crippen LogP contribution in [0.15, 0.2) is 18.2 Å². The van der Waals surface area contributed by atoms with Gasteiger partial charge in [-0.15, -0.1) is 0 Å². The van der Waals surface area contributed by atoms with Gasteiger partial charge in [0.1, 0.15) is 5.82 Å². The summed E-state index contributed by atoms with van der Waals surface area (Å²) < 4.78 is 18.0. The second-order valence-corrected chi connectivity index (χ2v) is 4.46. The van der Waals surface area contributed by atoms with E-state index in [0.29, 0.717) is 19.5 Å². The van der Waals surface area contributed by atoms with Gasteiger partial charge in [-0.2, -0.15) is 0 Å². The number of anilines is 1. The molecule has 5 nitrogen and oxygen atoms in total. The Balaban J connectivity index is 2.41. The Labute approximate surface area is 110 Å². The SMILES string of the molecule is COC(=O)c1ccc(F)cc1N1CC(CN)CC1=O. The number of carbonyl (C=O) groups excluding carboxylic acids is 2. The Hall–Kier alpha value is -1.95. The van der Waals surface area contributed by atoms with Crippen LogP contribution in [0.5, 0.6) is 0 Å². The Bertz CT molecular complexity index is 519. The molecule has 1 aliphatic heterocycles. The summed E-state index contributed by atoms with van der Waals surface area (Å²) in [6, 6.07) is 3.65. The minimum atomic E-state index is -0.598. The van der Waals surface area contributed by atoms with Gasteiger partial charge < -0.3 is 15.4 Å². The molecule has 1 unspecified atom stereocenters. The molecule has 1 aliphatic rings. The van der Waals surface area contributed by atoms with Gasteiger partial charge >= 0.3 is 5.97 Å². The van der Waals surface area contributed by atoms with Crippen LogP contribution < -0.4 is 10.6 Å². The molecule has 0 aliphatic carbocycles. The van der Waals surface area contributed by atoms with E-state index < -0.39 is 11.8 Å². The first kappa shape index (κ1) is 13.5. The zero-order chi connectivity index (χ0) is 14.0. The molecule has 1 fully saturated rings. The number of ether oxygens (including phenoxy) is 1. The molecule has 0 aromatic heterocycles. The van der Waals surface area contributed by atoms with Gasteiger partial charge in [0, 0.05) is 13.0 Å². The first-order valence-corrected chi connectivity index (χ1v) is 5.95. The van der Waals surface area contributed by atoms with Crippen LogP contribution in [0.25, 0.3) is 0 Å². The average molecular weight is 266 g/mol. The molecule has 1 amide bonds. The third-order valence-corrected chi connectivity index (χ3v) is 3.19. The van der Waals surface area contributed by atoms with Gasteiger partial charge in [-0.05, 0) is 30.7 Å². The van der Waals surface area contributed by atoms with E-state index in [9.17, 15) is 14.0 Å². The number of amides is 1. The maximum absolute atomic E-state index is 13.4. The highest BCUT2D eigenvalue weighted by Gasteiger charge is 2.32. The van der Waals surface area contributed by atoms with Gasteiger partial charge in [-0.1, -0.05) is 0 Å². The molecule has 0 spiro atoms. The molecule has 6 heteroatoms. The molecular weight excluding hydrogens is 251 g/mol. The molecule has 0 radical (unpaired) electrons. The molecule has 0 bridgehead atoms. The number of halogens is 1. The molecule has 1 heterocycles. The number of nitrogens with zero attached hydrogens (tertiary/aromatic N) is 1. The smallest absolute Gasteiger partial charge is 0.339 e. The summed E-state index contributed by atoms with van der Waals surface area (Å²) in [5.41, 5.74) is 5.96. The lowest BCUT2D eigenvalue weighted by Gasteiger charge is -2.19. The van der Waals surface area contributed by atoms with E-state index in [2.05, 4.69) is 4.74 Å². The normalized spacial score (nSPS) is 18.8. The summed E-state index contributed by atoms with van der Waals surface area (Å²) in [6.07, 6.45) is 0.313. The first-order chi connectivity index (χ1) is 9.06. The predicted octanol–water partition coefficient (Wildman–Crippen LogP) is 0.924. The summed E-state index contributed by atoms with van der Waals surface area (Å²) in [5.74, 6) is -1.24. The van der Waals surface area contributed by atoms with Crippen LogP contribution in [0, 0.1) is 11.7 Å². The van der Waals surface area contributed by atoms with Crippen LogP contribution in [0.2, 0.25) is 0 Å². The lowest BCUT2D eigenvalue weighted by Crippen LogP contribution is -2.27. The molecule has 19 heavy (non-hydrogen) atoms. The molecular formula is C13H15FN2O3. The van der Waals surface area contributed by atoms with Crippen molar-refractivity contribution in [2.45, 2.75) is 6.42 Å². The second kappa shape index (κ2) is 5.36. The van der Waals surface area contributed by atoms with Crippen molar-refractivity contribution < 1.29 is 18.7 Å². The van der Waals surface area contributed by atoms with Gasteiger partial charge in [0.25, 0.3) is 0 Å². The number of rotatable bonds is 3. The van der Waals surface area contributed by atoms with Crippen LogP contribution in [-0.4, -0.2) is 32.1 Å². The fourth-order valence-electron chi connectivity index (χ4n) is 2.18. The molecule has 1 saturated heterocycles. The van der Waals surface area contributed by atoms with Gasteiger partial charge in [0.15, 0.2) is 0 Å². The number of nitrogens with two attached hydrogens (primary N) is 1. The maximum atomic E-state index is 13.4. The van der Waals surface area contributed by atoms with Crippen LogP contribution in [0.4, 0.5) is 10.1 Å². The summed E-state index contributed by atoms with van der Waals surface area (Å²) in [7, 11) is 1.24. The predicted molar refractivity (Wildman–Crippen MR) is 67.3 cm³/mol. The summed E-state index contributed by atoms with van der Waals surface area (Å²) in [4.78, 5) is 25.0. The quantitative estimate of drug-likeness (QED) is 0.826. The maximum Gasteiger partial charge on any atom is 0.339 e. The van der Waals surface area contributed by atoms with E-state index >= 15 is 0 Å².